The van der Waals surface area contributed by atoms with E-state index >= 15 is 0 Å². The van der Waals surface area contributed by atoms with Gasteiger partial charge in [0.25, 0.3) is 0 Å². The minimum atomic E-state index is -0.499. The Morgan fingerprint density at radius 3 is 2.70 bits per heavy atom. The molecule has 1 aromatic heterocycles. The second-order valence-corrected chi connectivity index (χ2v) is 6.98. The molecule has 0 saturated heterocycles. The van der Waals surface area contributed by atoms with Crippen LogP contribution in [0.15, 0.2) is 39.5 Å². The number of carbonyl (C=O) groups is 1. The van der Waals surface area contributed by atoms with Gasteiger partial charge in [0.1, 0.15) is 0 Å². The van der Waals surface area contributed by atoms with Gasteiger partial charge in [-0.2, -0.15) is 0 Å². The van der Waals surface area contributed by atoms with Crippen molar-refractivity contribution in [2.45, 2.75) is 25.0 Å². The van der Waals surface area contributed by atoms with E-state index in [1.165, 1.54) is 6.07 Å². The van der Waals surface area contributed by atoms with Crippen molar-refractivity contribution in [1.29, 1.82) is 0 Å². The molecule has 2 rings (SSSR count). The molecule has 0 fully saturated rings. The van der Waals surface area contributed by atoms with E-state index in [0.29, 0.717) is 26.3 Å². The van der Waals surface area contributed by atoms with Gasteiger partial charge in [0.2, 0.25) is 0 Å². The predicted octanol–water partition coefficient (Wildman–Crippen LogP) is 2.90. The van der Waals surface area contributed by atoms with Gasteiger partial charge in [-0.1, -0.05) is 0 Å². The Kier molecular flexibility index (Phi) is 4.31. The molecule has 2 aromatic rings. The Morgan fingerprint density at radius 1 is 1.30 bits per heavy atom. The number of hydrogen-bond donors (Lipinski definition) is 0. The predicted molar refractivity (Wildman–Crippen MR) is 78.3 cm³/mol. The Bertz CT molecular complexity index is 688. The van der Waals surface area contributed by atoms with Crippen molar-refractivity contribution in [2.75, 3.05) is 0 Å². The number of carbonyl (C=O) groups excluding carboxylic acids is 1. The first-order chi connectivity index (χ1) is 9.42. The van der Waals surface area contributed by atoms with E-state index in [4.69, 9.17) is 9.15 Å². The van der Waals surface area contributed by atoms with Crippen molar-refractivity contribution < 1.29 is 13.9 Å². The van der Waals surface area contributed by atoms with E-state index in [9.17, 15) is 9.59 Å². The fourth-order valence-electron chi connectivity index (χ4n) is 1.77. The van der Waals surface area contributed by atoms with E-state index in [0.717, 1.165) is 10.7 Å². The summed E-state index contributed by atoms with van der Waals surface area (Å²) in [4.78, 5) is 23.3. The molecule has 0 saturated carbocycles. The van der Waals surface area contributed by atoms with Gasteiger partial charge in [0, 0.05) is 0 Å². The quantitative estimate of drug-likeness (QED) is 0.372. The van der Waals surface area contributed by atoms with Crippen LogP contribution in [0.3, 0.4) is 0 Å². The number of rotatable bonds is 4. The number of esters is 1. The van der Waals surface area contributed by atoms with E-state index in [1.807, 2.05) is 13.8 Å². The van der Waals surface area contributed by atoms with Gasteiger partial charge in [-0.25, -0.2) is 0 Å². The molecule has 5 heteroatoms. The van der Waals surface area contributed by atoms with Gasteiger partial charge in [-0.3, -0.25) is 0 Å². The van der Waals surface area contributed by atoms with Crippen LogP contribution in [0.4, 0.5) is 0 Å². The average Bonchev–Trinajstić information content (AvgIpc) is 2.38. The number of hydrogen-bond acceptors (Lipinski definition) is 4. The standard InChI is InChI=1S/C15H16O4Se/c1-15(2,9-20-3)14(17)18-11-6-4-10-5-7-13(16)19-12(10)8-11/h4-8H,9H2,1-3H3. The molecule has 0 atom stereocenters. The molecule has 1 heterocycles. The van der Waals surface area contributed by atoms with Crippen LogP contribution in [0, 0.1) is 5.41 Å². The first-order valence-corrected chi connectivity index (χ1v) is 9.10. The summed E-state index contributed by atoms with van der Waals surface area (Å²) in [7, 11) is 0. The zero-order valence-electron chi connectivity index (χ0n) is 11.6. The molecule has 0 amide bonds. The van der Waals surface area contributed by atoms with E-state index < -0.39 is 11.0 Å². The molecule has 0 aliphatic carbocycles. The van der Waals surface area contributed by atoms with Crippen molar-refractivity contribution in [3.63, 3.8) is 0 Å². The molecule has 1 aromatic carbocycles. The zero-order chi connectivity index (χ0) is 14.8. The number of fused-ring (bicyclic) bond motifs is 1. The molecule has 0 bridgehead atoms. The third-order valence-corrected chi connectivity index (χ3v) is 4.98. The minimum absolute atomic E-state index is 0.265. The third-order valence-electron chi connectivity index (χ3n) is 2.86. The van der Waals surface area contributed by atoms with Gasteiger partial charge >= 0.3 is 123 Å². The maximum absolute atomic E-state index is 12.1. The molecule has 20 heavy (non-hydrogen) atoms. The fraction of sp³-hybridized carbons (Fsp3) is 0.333. The molecule has 106 valence electrons. The monoisotopic (exact) mass is 340 g/mol. The summed E-state index contributed by atoms with van der Waals surface area (Å²) in [5.41, 5.74) is -0.503. The van der Waals surface area contributed by atoms with Gasteiger partial charge in [0.05, 0.1) is 0 Å². The average molecular weight is 339 g/mol. The van der Waals surface area contributed by atoms with E-state index in [2.05, 4.69) is 5.82 Å². The van der Waals surface area contributed by atoms with Crippen LogP contribution in [0.5, 0.6) is 5.75 Å². The second kappa shape index (κ2) is 5.81. The van der Waals surface area contributed by atoms with Crippen molar-refractivity contribution in [3.05, 3.63) is 40.8 Å². The van der Waals surface area contributed by atoms with Gasteiger partial charge in [-0.05, 0) is 0 Å². The Balaban J connectivity index is 2.26. The topological polar surface area (TPSA) is 56.5 Å². The molecule has 0 spiro atoms. The summed E-state index contributed by atoms with van der Waals surface area (Å²) in [6.07, 6.45) is 0. The summed E-state index contributed by atoms with van der Waals surface area (Å²) >= 11 is 0.401. The molecular formula is C15H16O4Se. The summed E-state index contributed by atoms with van der Waals surface area (Å²) < 4.78 is 10.5. The van der Waals surface area contributed by atoms with Crippen molar-refractivity contribution in [2.24, 2.45) is 5.41 Å². The Morgan fingerprint density at radius 2 is 2.00 bits per heavy atom. The summed E-state index contributed by atoms with van der Waals surface area (Å²) in [5, 5.41) is 1.61. The van der Waals surface area contributed by atoms with Crippen LogP contribution in [0.25, 0.3) is 11.0 Å². The Labute approximate surface area is 123 Å². The molecular weight excluding hydrogens is 323 g/mol. The van der Waals surface area contributed by atoms with E-state index in [-0.39, 0.29) is 5.97 Å². The van der Waals surface area contributed by atoms with Gasteiger partial charge in [-0.15, -0.1) is 0 Å². The molecule has 0 aliphatic rings. The first-order valence-electron chi connectivity index (χ1n) is 6.17. The fourth-order valence-corrected chi connectivity index (χ4v) is 3.53. The van der Waals surface area contributed by atoms with Crippen LogP contribution in [0.1, 0.15) is 13.8 Å². The number of benzene rings is 1. The summed E-state index contributed by atoms with van der Waals surface area (Å²) in [6.45, 7) is 3.75. The molecule has 0 unspecified atom stereocenters. The van der Waals surface area contributed by atoms with Crippen LogP contribution < -0.4 is 10.4 Å². The third kappa shape index (κ3) is 3.30. The van der Waals surface area contributed by atoms with Crippen LogP contribution >= 0.6 is 0 Å². The Hall–Kier alpha value is -1.58. The second-order valence-electron chi connectivity index (χ2n) is 5.16. The zero-order valence-corrected chi connectivity index (χ0v) is 13.3. The van der Waals surface area contributed by atoms with Gasteiger partial charge < -0.3 is 0 Å². The molecule has 0 radical (unpaired) electrons. The molecule has 4 nitrogen and oxygen atoms in total. The summed E-state index contributed by atoms with van der Waals surface area (Å²) in [6, 6.07) is 8.07. The molecule has 0 aliphatic heterocycles. The maximum atomic E-state index is 12.1. The van der Waals surface area contributed by atoms with Gasteiger partial charge in [0.15, 0.2) is 0 Å². The van der Waals surface area contributed by atoms with Crippen LogP contribution in [-0.2, 0) is 4.79 Å². The summed E-state index contributed by atoms with van der Waals surface area (Å²) in [5.74, 6) is 2.22. The van der Waals surface area contributed by atoms with E-state index in [1.54, 1.807) is 24.3 Å². The van der Waals surface area contributed by atoms with Crippen molar-refractivity contribution in [3.8, 4) is 5.75 Å². The van der Waals surface area contributed by atoms with Crippen molar-refractivity contribution >= 4 is 31.9 Å². The first kappa shape index (κ1) is 14.8. The van der Waals surface area contributed by atoms with Crippen molar-refractivity contribution in [1.82, 2.24) is 0 Å². The van der Waals surface area contributed by atoms with Crippen LogP contribution in [0.2, 0.25) is 11.1 Å². The normalized spacial score (nSPS) is 11.6. The van der Waals surface area contributed by atoms with Crippen LogP contribution in [-0.4, -0.2) is 20.9 Å². The molecule has 0 N–H and O–H groups in total. The SMILES string of the molecule is C[Se]CC(C)(C)C(=O)Oc1ccc2ccc(=O)oc2c1. The number of ether oxygens (including phenoxy) is 1.